The van der Waals surface area contributed by atoms with Crippen molar-refractivity contribution in [3.05, 3.63) is 34.6 Å². The third kappa shape index (κ3) is 3.76. The van der Waals surface area contributed by atoms with Crippen LogP contribution in [0.5, 0.6) is 0 Å². The highest BCUT2D eigenvalue weighted by Gasteiger charge is 2.14. The van der Waals surface area contributed by atoms with Gasteiger partial charge in [0.05, 0.1) is 0 Å². The molecule has 0 aromatic heterocycles. The molecule has 16 heavy (non-hydrogen) atoms. The molecule has 0 radical (unpaired) electrons. The maximum Gasteiger partial charge on any atom is 0.129 e. The second kappa shape index (κ2) is 6.21. The summed E-state index contributed by atoms with van der Waals surface area (Å²) in [5, 5.41) is 0.412. The Morgan fingerprint density at radius 1 is 1.44 bits per heavy atom. The molecule has 2 N–H and O–H groups in total. The van der Waals surface area contributed by atoms with Gasteiger partial charge in [-0.05, 0) is 24.5 Å². The average molecular weight is 244 g/mol. The van der Waals surface area contributed by atoms with Crippen molar-refractivity contribution in [2.45, 2.75) is 39.2 Å². The quantitative estimate of drug-likeness (QED) is 0.820. The summed E-state index contributed by atoms with van der Waals surface area (Å²) in [6, 6.07) is 4.45. The highest BCUT2D eigenvalue weighted by atomic mass is 35.5. The molecular formula is C13H19ClFN. The van der Waals surface area contributed by atoms with Crippen LogP contribution in [0.4, 0.5) is 4.39 Å². The molecule has 2 unspecified atom stereocenters. The zero-order chi connectivity index (χ0) is 12.1. The SMILES string of the molecule is CCCC(C)CC(N)c1ccc(Cl)cc1F. The van der Waals surface area contributed by atoms with E-state index in [0.29, 0.717) is 16.5 Å². The van der Waals surface area contributed by atoms with Gasteiger partial charge in [-0.3, -0.25) is 0 Å². The van der Waals surface area contributed by atoms with E-state index in [1.165, 1.54) is 6.07 Å². The Balaban J connectivity index is 2.69. The van der Waals surface area contributed by atoms with Crippen LogP contribution < -0.4 is 5.73 Å². The Hall–Kier alpha value is -0.600. The molecule has 0 aliphatic heterocycles. The fraction of sp³-hybridized carbons (Fsp3) is 0.538. The molecule has 1 aromatic carbocycles. The first-order valence-electron chi connectivity index (χ1n) is 5.75. The van der Waals surface area contributed by atoms with Gasteiger partial charge in [-0.15, -0.1) is 0 Å². The number of benzene rings is 1. The molecule has 0 heterocycles. The predicted molar refractivity (Wildman–Crippen MR) is 67.0 cm³/mol. The molecule has 90 valence electrons. The summed E-state index contributed by atoms with van der Waals surface area (Å²) in [6.45, 7) is 4.29. The zero-order valence-corrected chi connectivity index (χ0v) is 10.6. The van der Waals surface area contributed by atoms with Crippen LogP contribution in [-0.4, -0.2) is 0 Å². The summed E-state index contributed by atoms with van der Waals surface area (Å²) < 4.78 is 13.6. The van der Waals surface area contributed by atoms with E-state index in [1.54, 1.807) is 12.1 Å². The molecule has 3 heteroatoms. The minimum Gasteiger partial charge on any atom is -0.324 e. The Bertz CT molecular complexity index is 341. The Kier molecular flexibility index (Phi) is 5.23. The van der Waals surface area contributed by atoms with Crippen molar-refractivity contribution < 1.29 is 4.39 Å². The number of nitrogens with two attached hydrogens (primary N) is 1. The second-order valence-electron chi connectivity index (χ2n) is 4.40. The number of hydrogen-bond donors (Lipinski definition) is 1. The molecule has 1 rings (SSSR count). The average Bonchev–Trinajstić information content (AvgIpc) is 2.17. The van der Waals surface area contributed by atoms with Gasteiger partial charge in [0.2, 0.25) is 0 Å². The molecule has 0 aliphatic carbocycles. The normalized spacial score (nSPS) is 14.8. The van der Waals surface area contributed by atoms with E-state index >= 15 is 0 Å². The van der Waals surface area contributed by atoms with Crippen LogP contribution in [0, 0.1) is 11.7 Å². The van der Waals surface area contributed by atoms with Crippen LogP contribution in [0.25, 0.3) is 0 Å². The van der Waals surface area contributed by atoms with Crippen molar-refractivity contribution in [1.29, 1.82) is 0 Å². The van der Waals surface area contributed by atoms with Crippen molar-refractivity contribution in [2.75, 3.05) is 0 Å². The molecule has 0 saturated carbocycles. The highest BCUT2D eigenvalue weighted by Crippen LogP contribution is 2.25. The summed E-state index contributed by atoms with van der Waals surface area (Å²) in [4.78, 5) is 0. The lowest BCUT2D eigenvalue weighted by molar-refractivity contribution is 0.431. The van der Waals surface area contributed by atoms with Crippen molar-refractivity contribution in [3.63, 3.8) is 0 Å². The van der Waals surface area contributed by atoms with Gasteiger partial charge in [-0.2, -0.15) is 0 Å². The summed E-state index contributed by atoms with van der Waals surface area (Å²) in [6.07, 6.45) is 3.08. The first-order valence-corrected chi connectivity index (χ1v) is 6.13. The summed E-state index contributed by atoms with van der Waals surface area (Å²) in [5.74, 6) is 0.221. The molecule has 1 aromatic rings. The van der Waals surface area contributed by atoms with Crippen LogP contribution >= 0.6 is 11.6 Å². The van der Waals surface area contributed by atoms with Gasteiger partial charge >= 0.3 is 0 Å². The molecule has 0 saturated heterocycles. The number of rotatable bonds is 5. The van der Waals surface area contributed by atoms with E-state index in [1.807, 2.05) is 0 Å². The second-order valence-corrected chi connectivity index (χ2v) is 4.84. The van der Waals surface area contributed by atoms with Gasteiger partial charge < -0.3 is 5.73 Å². The molecular weight excluding hydrogens is 225 g/mol. The molecule has 2 atom stereocenters. The Labute approximate surface area is 102 Å². The van der Waals surface area contributed by atoms with Crippen LogP contribution in [0.2, 0.25) is 5.02 Å². The van der Waals surface area contributed by atoms with Crippen LogP contribution in [0.15, 0.2) is 18.2 Å². The van der Waals surface area contributed by atoms with Crippen molar-refractivity contribution in [3.8, 4) is 0 Å². The zero-order valence-electron chi connectivity index (χ0n) is 9.84. The number of hydrogen-bond acceptors (Lipinski definition) is 1. The van der Waals surface area contributed by atoms with E-state index in [4.69, 9.17) is 17.3 Å². The summed E-state index contributed by atoms with van der Waals surface area (Å²) >= 11 is 5.70. The van der Waals surface area contributed by atoms with Crippen molar-refractivity contribution >= 4 is 11.6 Å². The van der Waals surface area contributed by atoms with E-state index < -0.39 is 0 Å². The third-order valence-electron chi connectivity index (χ3n) is 2.80. The number of halogens is 2. The lowest BCUT2D eigenvalue weighted by Crippen LogP contribution is -2.15. The van der Waals surface area contributed by atoms with Gasteiger partial charge in [-0.25, -0.2) is 4.39 Å². The minimum atomic E-state index is -0.302. The van der Waals surface area contributed by atoms with Gasteiger partial charge in [0.25, 0.3) is 0 Å². The third-order valence-corrected chi connectivity index (χ3v) is 3.03. The topological polar surface area (TPSA) is 26.0 Å². The molecule has 0 aliphatic rings. The van der Waals surface area contributed by atoms with E-state index in [2.05, 4.69) is 13.8 Å². The molecule has 1 nitrogen and oxygen atoms in total. The van der Waals surface area contributed by atoms with E-state index in [9.17, 15) is 4.39 Å². The van der Waals surface area contributed by atoms with Crippen LogP contribution in [-0.2, 0) is 0 Å². The van der Waals surface area contributed by atoms with Crippen molar-refractivity contribution in [2.24, 2.45) is 11.7 Å². The fourth-order valence-corrected chi connectivity index (χ4v) is 2.13. The van der Waals surface area contributed by atoms with Crippen molar-refractivity contribution in [1.82, 2.24) is 0 Å². The van der Waals surface area contributed by atoms with Gasteiger partial charge in [0.15, 0.2) is 0 Å². The lowest BCUT2D eigenvalue weighted by atomic mass is 9.93. The highest BCUT2D eigenvalue weighted by molar-refractivity contribution is 6.30. The first-order chi connectivity index (χ1) is 7.54. The maximum absolute atomic E-state index is 13.6. The minimum absolute atomic E-state index is 0.237. The fourth-order valence-electron chi connectivity index (χ4n) is 1.97. The van der Waals surface area contributed by atoms with Crippen LogP contribution in [0.3, 0.4) is 0 Å². The Morgan fingerprint density at radius 3 is 2.69 bits per heavy atom. The maximum atomic E-state index is 13.6. The molecule has 0 amide bonds. The summed E-state index contributed by atoms with van der Waals surface area (Å²) in [7, 11) is 0. The van der Waals surface area contributed by atoms with E-state index in [-0.39, 0.29) is 11.9 Å². The molecule has 0 bridgehead atoms. The first kappa shape index (κ1) is 13.5. The van der Waals surface area contributed by atoms with Crippen LogP contribution in [0.1, 0.15) is 44.7 Å². The molecule has 0 fully saturated rings. The standard InChI is InChI=1S/C13H19ClFN/c1-3-4-9(2)7-13(16)11-6-5-10(14)8-12(11)15/h5-6,8-9,13H,3-4,7,16H2,1-2H3. The van der Waals surface area contributed by atoms with Gasteiger partial charge in [0, 0.05) is 16.6 Å². The van der Waals surface area contributed by atoms with E-state index in [0.717, 1.165) is 19.3 Å². The van der Waals surface area contributed by atoms with Gasteiger partial charge in [-0.1, -0.05) is 44.4 Å². The smallest absolute Gasteiger partial charge is 0.129 e. The Morgan fingerprint density at radius 2 is 2.12 bits per heavy atom. The molecule has 0 spiro atoms. The largest absolute Gasteiger partial charge is 0.324 e. The van der Waals surface area contributed by atoms with Gasteiger partial charge in [0.1, 0.15) is 5.82 Å². The summed E-state index contributed by atoms with van der Waals surface area (Å²) in [5.41, 5.74) is 6.56. The monoisotopic (exact) mass is 243 g/mol. The lowest BCUT2D eigenvalue weighted by Gasteiger charge is -2.17. The predicted octanol–water partition coefficient (Wildman–Crippen LogP) is 4.31.